The predicted octanol–water partition coefficient (Wildman–Crippen LogP) is 1.33. The van der Waals surface area contributed by atoms with E-state index in [1.807, 2.05) is 4.90 Å². The Labute approximate surface area is 100 Å². The third-order valence-electron chi connectivity index (χ3n) is 2.25. The molecule has 0 bridgehead atoms. The molecule has 2 heterocycles. The maximum atomic E-state index is 11.6. The van der Waals surface area contributed by atoms with Crippen molar-refractivity contribution in [3.05, 3.63) is 3.92 Å². The molecule has 1 N–H and O–H groups in total. The summed E-state index contributed by atoms with van der Waals surface area (Å²) in [5.74, 6) is 0.138. The first-order chi connectivity index (χ1) is 7.25. The van der Waals surface area contributed by atoms with Crippen molar-refractivity contribution in [1.82, 2.24) is 15.1 Å². The van der Waals surface area contributed by atoms with Crippen molar-refractivity contribution >= 4 is 38.3 Å². The number of halogens is 1. The lowest BCUT2D eigenvalue weighted by molar-refractivity contribution is -0.128. The Bertz CT molecular complexity index is 350. The first kappa shape index (κ1) is 10.8. The van der Waals surface area contributed by atoms with Crippen molar-refractivity contribution in [1.29, 1.82) is 0 Å². The van der Waals surface area contributed by atoms with Gasteiger partial charge in [0.25, 0.3) is 0 Å². The maximum absolute atomic E-state index is 11.6. The van der Waals surface area contributed by atoms with Crippen molar-refractivity contribution in [2.24, 2.45) is 0 Å². The van der Waals surface area contributed by atoms with Gasteiger partial charge < -0.3 is 10.2 Å². The lowest BCUT2D eigenvalue weighted by atomic mass is 10.4. The second-order valence-corrected chi connectivity index (χ2v) is 5.56. The van der Waals surface area contributed by atoms with E-state index in [1.165, 1.54) is 11.3 Å². The van der Waals surface area contributed by atoms with E-state index in [2.05, 4.69) is 31.4 Å². The van der Waals surface area contributed by atoms with Gasteiger partial charge in [0, 0.05) is 13.1 Å². The van der Waals surface area contributed by atoms with Crippen LogP contribution in [0.1, 0.15) is 12.8 Å². The molecule has 5 nitrogen and oxygen atoms in total. The molecule has 1 aliphatic heterocycles. The molecule has 1 amide bonds. The molecule has 2 rings (SSSR count). The third kappa shape index (κ3) is 2.88. The van der Waals surface area contributed by atoms with E-state index in [9.17, 15) is 4.79 Å². The van der Waals surface area contributed by atoms with Crippen LogP contribution in [-0.2, 0) is 4.79 Å². The predicted molar refractivity (Wildman–Crippen MR) is 61.9 cm³/mol. The summed E-state index contributed by atoms with van der Waals surface area (Å²) in [6.07, 6.45) is 2.24. The number of anilines is 1. The molecule has 0 radical (unpaired) electrons. The van der Waals surface area contributed by atoms with Gasteiger partial charge in [0.05, 0.1) is 6.54 Å². The van der Waals surface area contributed by atoms with Gasteiger partial charge in [-0.25, -0.2) is 0 Å². The van der Waals surface area contributed by atoms with Crippen LogP contribution < -0.4 is 5.32 Å². The van der Waals surface area contributed by atoms with Crippen LogP contribution in [0.4, 0.5) is 5.13 Å². The summed E-state index contributed by atoms with van der Waals surface area (Å²) in [5.41, 5.74) is 0. The molecule has 0 unspecified atom stereocenters. The minimum absolute atomic E-state index is 0.138. The Kier molecular flexibility index (Phi) is 3.53. The lowest BCUT2D eigenvalue weighted by Gasteiger charge is -2.14. The first-order valence-corrected chi connectivity index (χ1v) is 6.37. The second kappa shape index (κ2) is 4.89. The summed E-state index contributed by atoms with van der Waals surface area (Å²) in [6.45, 7) is 2.09. The number of likely N-dealkylation sites (tertiary alicyclic amines) is 1. The number of hydrogen-bond acceptors (Lipinski definition) is 5. The Hall–Kier alpha value is -0.690. The standard InChI is InChI=1S/C8H11BrN4OS/c9-7-11-12-8(15-7)10-5-6(14)13-3-1-2-4-13/h1-5H2,(H,10,12). The third-order valence-corrected chi connectivity index (χ3v) is 3.56. The fourth-order valence-electron chi connectivity index (χ4n) is 1.51. The molecule has 15 heavy (non-hydrogen) atoms. The molecule has 0 saturated carbocycles. The summed E-state index contributed by atoms with van der Waals surface area (Å²) < 4.78 is 0.721. The van der Waals surface area contributed by atoms with E-state index in [1.54, 1.807) is 0 Å². The van der Waals surface area contributed by atoms with Gasteiger partial charge in [-0.1, -0.05) is 11.3 Å². The van der Waals surface area contributed by atoms with Crippen LogP contribution in [0.25, 0.3) is 0 Å². The van der Waals surface area contributed by atoms with Crippen molar-refractivity contribution in [2.45, 2.75) is 12.8 Å². The van der Waals surface area contributed by atoms with Crippen LogP contribution in [0.5, 0.6) is 0 Å². The topological polar surface area (TPSA) is 58.1 Å². The highest BCUT2D eigenvalue weighted by Gasteiger charge is 2.17. The quantitative estimate of drug-likeness (QED) is 0.913. The molecule has 1 aliphatic rings. The van der Waals surface area contributed by atoms with Gasteiger partial charge in [0.2, 0.25) is 11.0 Å². The zero-order valence-electron chi connectivity index (χ0n) is 8.07. The summed E-state index contributed by atoms with van der Waals surface area (Å²) in [4.78, 5) is 13.5. The van der Waals surface area contributed by atoms with Crippen molar-refractivity contribution in [3.63, 3.8) is 0 Å². The zero-order chi connectivity index (χ0) is 10.7. The van der Waals surface area contributed by atoms with E-state index < -0.39 is 0 Å². The van der Waals surface area contributed by atoms with E-state index in [-0.39, 0.29) is 5.91 Å². The van der Waals surface area contributed by atoms with Crippen LogP contribution in [-0.4, -0.2) is 40.6 Å². The van der Waals surface area contributed by atoms with E-state index in [0.717, 1.165) is 29.8 Å². The fourth-order valence-corrected chi connectivity index (χ4v) is 2.51. The van der Waals surface area contributed by atoms with Crippen molar-refractivity contribution in [3.8, 4) is 0 Å². The summed E-state index contributed by atoms with van der Waals surface area (Å²) in [5, 5.41) is 11.3. The SMILES string of the molecule is O=C(CNc1nnc(Br)s1)N1CCCC1. The minimum Gasteiger partial charge on any atom is -0.351 e. The highest BCUT2D eigenvalue weighted by atomic mass is 79.9. The van der Waals surface area contributed by atoms with Gasteiger partial charge in [-0.05, 0) is 28.8 Å². The molecular weight excluding hydrogens is 280 g/mol. The van der Waals surface area contributed by atoms with Crippen LogP contribution in [0, 0.1) is 0 Å². The molecule has 1 aromatic rings. The molecule has 0 atom stereocenters. The van der Waals surface area contributed by atoms with Crippen LogP contribution in [0.3, 0.4) is 0 Å². The molecule has 0 aliphatic carbocycles. The molecule has 82 valence electrons. The van der Waals surface area contributed by atoms with Gasteiger partial charge >= 0.3 is 0 Å². The summed E-state index contributed by atoms with van der Waals surface area (Å²) in [6, 6.07) is 0. The molecule has 1 aromatic heterocycles. The van der Waals surface area contributed by atoms with E-state index >= 15 is 0 Å². The van der Waals surface area contributed by atoms with Crippen LogP contribution in [0.15, 0.2) is 3.92 Å². The van der Waals surface area contributed by atoms with E-state index in [0.29, 0.717) is 11.7 Å². The monoisotopic (exact) mass is 290 g/mol. The number of carbonyl (C=O) groups is 1. The second-order valence-electron chi connectivity index (χ2n) is 3.30. The van der Waals surface area contributed by atoms with Gasteiger partial charge in [0.15, 0.2) is 3.92 Å². The number of rotatable bonds is 3. The summed E-state index contributed by atoms with van der Waals surface area (Å²) in [7, 11) is 0. The highest BCUT2D eigenvalue weighted by Crippen LogP contribution is 2.19. The number of amides is 1. The summed E-state index contributed by atoms with van der Waals surface area (Å²) >= 11 is 4.60. The first-order valence-electron chi connectivity index (χ1n) is 4.76. The Morgan fingerprint density at radius 2 is 2.20 bits per heavy atom. The maximum Gasteiger partial charge on any atom is 0.241 e. The number of nitrogens with one attached hydrogen (secondary N) is 1. The van der Waals surface area contributed by atoms with Gasteiger partial charge in [0.1, 0.15) is 0 Å². The Balaban J connectivity index is 1.80. The average molecular weight is 291 g/mol. The lowest BCUT2D eigenvalue weighted by Crippen LogP contribution is -2.32. The van der Waals surface area contributed by atoms with Gasteiger partial charge in [-0.2, -0.15) is 0 Å². The van der Waals surface area contributed by atoms with Gasteiger partial charge in [-0.3, -0.25) is 4.79 Å². The van der Waals surface area contributed by atoms with Crippen molar-refractivity contribution < 1.29 is 4.79 Å². The van der Waals surface area contributed by atoms with Crippen LogP contribution >= 0.6 is 27.3 Å². The van der Waals surface area contributed by atoms with Crippen LogP contribution in [0.2, 0.25) is 0 Å². The molecular formula is C8H11BrN4OS. The Morgan fingerprint density at radius 3 is 2.80 bits per heavy atom. The van der Waals surface area contributed by atoms with Crippen molar-refractivity contribution in [2.75, 3.05) is 25.0 Å². The number of carbonyl (C=O) groups excluding carboxylic acids is 1. The molecule has 1 saturated heterocycles. The average Bonchev–Trinajstić information content (AvgIpc) is 2.84. The minimum atomic E-state index is 0.138. The normalized spacial score (nSPS) is 15.7. The molecule has 1 fully saturated rings. The molecule has 0 aromatic carbocycles. The van der Waals surface area contributed by atoms with E-state index in [4.69, 9.17) is 0 Å². The Morgan fingerprint density at radius 1 is 1.47 bits per heavy atom. The molecule has 0 spiro atoms. The number of nitrogens with zero attached hydrogens (tertiary/aromatic N) is 3. The van der Waals surface area contributed by atoms with Gasteiger partial charge in [-0.15, -0.1) is 10.2 Å². The number of aromatic nitrogens is 2. The highest BCUT2D eigenvalue weighted by molar-refractivity contribution is 9.11. The largest absolute Gasteiger partial charge is 0.351 e. The molecule has 7 heteroatoms. The number of hydrogen-bond donors (Lipinski definition) is 1. The zero-order valence-corrected chi connectivity index (χ0v) is 10.5. The fraction of sp³-hybridized carbons (Fsp3) is 0.625. The smallest absolute Gasteiger partial charge is 0.241 e.